The molecule has 4 rings (SSSR count). The number of hydrogen-bond acceptors (Lipinski definition) is 3. The minimum absolute atomic E-state index is 0.341. The van der Waals surface area contributed by atoms with Crippen LogP contribution in [0.3, 0.4) is 0 Å². The predicted octanol–water partition coefficient (Wildman–Crippen LogP) is 4.64. The number of carbonyl (C=O) groups is 1. The number of aldehydes is 1. The monoisotopic (exact) mass is 371 g/mol. The number of aromatic nitrogens is 2. The third-order valence-corrected chi connectivity index (χ3v) is 5.06. The number of aromatic amines is 1. The molecule has 0 saturated heterocycles. The molecule has 0 amide bonds. The van der Waals surface area contributed by atoms with Crippen LogP contribution < -0.4 is 0 Å². The molecule has 1 aliphatic heterocycles. The molecule has 25 heavy (non-hydrogen) atoms. The van der Waals surface area contributed by atoms with Crippen molar-refractivity contribution < 1.29 is 4.79 Å². The molecule has 4 nitrogen and oxygen atoms in total. The molecule has 1 unspecified atom stereocenters. The van der Waals surface area contributed by atoms with Gasteiger partial charge in [-0.3, -0.25) is 4.90 Å². The van der Waals surface area contributed by atoms with Crippen molar-refractivity contribution in [1.29, 1.82) is 0 Å². The Morgan fingerprint density at radius 3 is 2.72 bits per heavy atom. The van der Waals surface area contributed by atoms with Crippen LogP contribution >= 0.6 is 23.2 Å². The Labute approximate surface area is 155 Å². The van der Waals surface area contributed by atoms with Gasteiger partial charge in [-0.25, -0.2) is 4.98 Å². The summed E-state index contributed by atoms with van der Waals surface area (Å²) in [4.78, 5) is 21.1. The number of hydrogen-bond donors (Lipinski definition) is 1. The largest absolute Gasteiger partial charge is 0.351 e. The van der Waals surface area contributed by atoms with Crippen LogP contribution in [0.4, 0.5) is 0 Å². The van der Waals surface area contributed by atoms with Crippen molar-refractivity contribution in [2.45, 2.75) is 19.1 Å². The molecule has 1 aromatic heterocycles. The Bertz CT molecular complexity index is 907. The number of imidazole rings is 1. The maximum atomic E-state index is 11.8. The fraction of sp³-hybridized carbons (Fsp3) is 0.158. The number of benzene rings is 2. The van der Waals surface area contributed by atoms with E-state index >= 15 is 0 Å². The molecule has 0 spiro atoms. The fourth-order valence-corrected chi connectivity index (χ4v) is 3.81. The lowest BCUT2D eigenvalue weighted by Crippen LogP contribution is -2.22. The number of rotatable bonds is 4. The summed E-state index contributed by atoms with van der Waals surface area (Å²) < 4.78 is 0. The van der Waals surface area contributed by atoms with Crippen LogP contribution in [0.5, 0.6) is 0 Å². The van der Waals surface area contributed by atoms with Gasteiger partial charge in [0.2, 0.25) is 0 Å². The second-order valence-corrected chi connectivity index (χ2v) is 6.94. The molecule has 3 aromatic rings. The average Bonchev–Trinajstić information content (AvgIpc) is 3.24. The topological polar surface area (TPSA) is 49.0 Å². The van der Waals surface area contributed by atoms with Crippen LogP contribution in [0.1, 0.15) is 22.7 Å². The van der Waals surface area contributed by atoms with Crippen LogP contribution in [0.15, 0.2) is 48.9 Å². The normalized spacial score (nSPS) is 16.8. The molecule has 0 aliphatic carbocycles. The molecule has 0 bridgehead atoms. The molecule has 2 aromatic carbocycles. The van der Waals surface area contributed by atoms with E-state index in [1.54, 1.807) is 6.33 Å². The third kappa shape index (κ3) is 3.09. The SMILES string of the molecule is O=CC1c2c(Cl)cc(-c3c[nH]cn3)cc2CN1Cc1ccc(Cl)cc1. The van der Waals surface area contributed by atoms with Gasteiger partial charge in [0.15, 0.2) is 0 Å². The first-order valence-corrected chi connectivity index (χ1v) is 8.66. The van der Waals surface area contributed by atoms with Crippen molar-refractivity contribution in [3.63, 3.8) is 0 Å². The van der Waals surface area contributed by atoms with E-state index in [2.05, 4.69) is 20.9 Å². The average molecular weight is 372 g/mol. The lowest BCUT2D eigenvalue weighted by atomic mass is 10.0. The molecule has 2 heterocycles. The number of fused-ring (bicyclic) bond motifs is 1. The molecule has 0 saturated carbocycles. The predicted molar refractivity (Wildman–Crippen MR) is 98.5 cm³/mol. The first kappa shape index (κ1) is 16.3. The van der Waals surface area contributed by atoms with Crippen molar-refractivity contribution in [2.75, 3.05) is 0 Å². The summed E-state index contributed by atoms with van der Waals surface area (Å²) in [6.07, 6.45) is 4.43. The van der Waals surface area contributed by atoms with E-state index in [9.17, 15) is 4.79 Å². The summed E-state index contributed by atoms with van der Waals surface area (Å²) in [7, 11) is 0. The molecule has 126 valence electrons. The zero-order chi connectivity index (χ0) is 17.4. The summed E-state index contributed by atoms with van der Waals surface area (Å²) in [6, 6.07) is 11.3. The van der Waals surface area contributed by atoms with Gasteiger partial charge in [0, 0.05) is 34.9 Å². The Balaban J connectivity index is 1.67. The third-order valence-electron chi connectivity index (χ3n) is 4.50. The second kappa shape index (κ2) is 6.64. The molecule has 0 fully saturated rings. The van der Waals surface area contributed by atoms with E-state index in [1.165, 1.54) is 0 Å². The van der Waals surface area contributed by atoms with Gasteiger partial charge in [0.1, 0.15) is 6.29 Å². The molecular formula is C19H15Cl2N3O. The Hall–Kier alpha value is -2.14. The number of nitrogens with one attached hydrogen (secondary N) is 1. The van der Waals surface area contributed by atoms with Gasteiger partial charge in [0.05, 0.1) is 18.1 Å². The lowest BCUT2D eigenvalue weighted by molar-refractivity contribution is -0.112. The van der Waals surface area contributed by atoms with E-state index in [-0.39, 0.29) is 6.04 Å². The first-order valence-electron chi connectivity index (χ1n) is 7.91. The summed E-state index contributed by atoms with van der Waals surface area (Å²) in [5.41, 5.74) is 4.85. The van der Waals surface area contributed by atoms with Gasteiger partial charge < -0.3 is 9.78 Å². The first-order chi connectivity index (χ1) is 12.2. The van der Waals surface area contributed by atoms with Crippen molar-refractivity contribution in [3.8, 4) is 11.3 Å². The standard InChI is InChI=1S/C19H15Cl2N3O/c20-15-3-1-12(2-4-15)8-24-9-14-5-13(17-7-22-11-23-17)6-16(21)19(14)18(24)10-25/h1-7,10-11,18H,8-9H2,(H,22,23). The second-order valence-electron chi connectivity index (χ2n) is 6.10. The van der Waals surface area contributed by atoms with E-state index in [0.717, 1.165) is 34.2 Å². The van der Waals surface area contributed by atoms with E-state index in [1.807, 2.05) is 36.5 Å². The highest BCUT2D eigenvalue weighted by Crippen LogP contribution is 2.40. The number of carbonyl (C=O) groups excluding carboxylic acids is 1. The quantitative estimate of drug-likeness (QED) is 0.679. The maximum Gasteiger partial charge on any atom is 0.141 e. The molecular weight excluding hydrogens is 357 g/mol. The molecule has 1 N–H and O–H groups in total. The van der Waals surface area contributed by atoms with Gasteiger partial charge in [0.25, 0.3) is 0 Å². The summed E-state index contributed by atoms with van der Waals surface area (Å²) in [5.74, 6) is 0. The van der Waals surface area contributed by atoms with E-state index in [4.69, 9.17) is 23.2 Å². The van der Waals surface area contributed by atoms with E-state index in [0.29, 0.717) is 23.1 Å². The van der Waals surface area contributed by atoms with Crippen LogP contribution in [-0.4, -0.2) is 21.2 Å². The maximum absolute atomic E-state index is 11.8. The fourth-order valence-electron chi connectivity index (χ4n) is 3.34. The van der Waals surface area contributed by atoms with Crippen LogP contribution in [-0.2, 0) is 17.9 Å². The highest BCUT2D eigenvalue weighted by molar-refractivity contribution is 6.32. The summed E-state index contributed by atoms with van der Waals surface area (Å²) in [6.45, 7) is 1.32. The van der Waals surface area contributed by atoms with Crippen LogP contribution in [0.25, 0.3) is 11.3 Å². The Kier molecular flexibility index (Phi) is 4.34. The zero-order valence-electron chi connectivity index (χ0n) is 13.2. The number of halogens is 2. The smallest absolute Gasteiger partial charge is 0.141 e. The van der Waals surface area contributed by atoms with E-state index < -0.39 is 0 Å². The summed E-state index contributed by atoms with van der Waals surface area (Å²) >= 11 is 12.5. The van der Waals surface area contributed by atoms with Gasteiger partial charge in [-0.05, 0) is 41.0 Å². The Morgan fingerprint density at radius 2 is 2.04 bits per heavy atom. The van der Waals surface area contributed by atoms with Crippen LogP contribution in [0, 0.1) is 0 Å². The van der Waals surface area contributed by atoms with Crippen molar-refractivity contribution >= 4 is 29.5 Å². The summed E-state index contributed by atoms with van der Waals surface area (Å²) in [5, 5.41) is 1.30. The van der Waals surface area contributed by atoms with Crippen molar-refractivity contribution in [3.05, 3.63) is 75.7 Å². The van der Waals surface area contributed by atoms with Gasteiger partial charge >= 0.3 is 0 Å². The molecule has 1 atom stereocenters. The minimum Gasteiger partial charge on any atom is -0.351 e. The lowest BCUT2D eigenvalue weighted by Gasteiger charge is -2.20. The molecule has 6 heteroatoms. The van der Waals surface area contributed by atoms with Crippen molar-refractivity contribution in [2.24, 2.45) is 0 Å². The van der Waals surface area contributed by atoms with Gasteiger partial charge in [-0.15, -0.1) is 0 Å². The van der Waals surface area contributed by atoms with Crippen LogP contribution in [0.2, 0.25) is 10.0 Å². The molecule has 0 radical (unpaired) electrons. The number of H-pyrrole nitrogens is 1. The van der Waals surface area contributed by atoms with Crippen molar-refractivity contribution in [1.82, 2.24) is 14.9 Å². The highest BCUT2D eigenvalue weighted by Gasteiger charge is 2.32. The Morgan fingerprint density at radius 1 is 1.24 bits per heavy atom. The molecule has 1 aliphatic rings. The van der Waals surface area contributed by atoms with Gasteiger partial charge in [-0.1, -0.05) is 35.3 Å². The number of nitrogens with zero attached hydrogens (tertiary/aromatic N) is 2. The minimum atomic E-state index is -0.341. The highest BCUT2D eigenvalue weighted by atomic mass is 35.5. The van der Waals surface area contributed by atoms with Gasteiger partial charge in [-0.2, -0.15) is 0 Å². The zero-order valence-corrected chi connectivity index (χ0v) is 14.8.